The van der Waals surface area contributed by atoms with Crippen molar-refractivity contribution < 1.29 is 14.3 Å². The molecule has 0 fully saturated rings. The third kappa shape index (κ3) is 8.43. The summed E-state index contributed by atoms with van der Waals surface area (Å²) in [7, 11) is 0. The van der Waals surface area contributed by atoms with Gasteiger partial charge in [-0.05, 0) is 37.1 Å². The maximum absolute atomic E-state index is 13.5. The Morgan fingerprint density at radius 2 is 1.65 bits per heavy atom. The van der Waals surface area contributed by atoms with E-state index in [4.69, 9.17) is 21.6 Å². The summed E-state index contributed by atoms with van der Waals surface area (Å²) in [6, 6.07) is 20.9. The Balaban J connectivity index is 1.56. The molecule has 0 atom stereocenters. The summed E-state index contributed by atoms with van der Waals surface area (Å²) in [5.41, 5.74) is 14.4. The molecule has 0 spiro atoms. The first-order valence-corrected chi connectivity index (χ1v) is 13.6. The van der Waals surface area contributed by atoms with E-state index in [1.54, 1.807) is 36.4 Å². The quantitative estimate of drug-likeness (QED) is 0.0882. The number of nitrogen functional groups attached to an aromatic ring is 2. The Kier molecular flexibility index (Phi) is 9.74. The zero-order valence-corrected chi connectivity index (χ0v) is 23.9. The minimum atomic E-state index is -0.678. The number of anilines is 2. The molecular weight excluding hydrogens is 548 g/mol. The van der Waals surface area contributed by atoms with Crippen molar-refractivity contribution in [2.24, 2.45) is 5.73 Å². The van der Waals surface area contributed by atoms with Crippen molar-refractivity contribution >= 4 is 29.3 Å². The minimum absolute atomic E-state index is 0.0473. The summed E-state index contributed by atoms with van der Waals surface area (Å²) in [4.78, 5) is 43.3. The standard InChI is InChI=1S/C31H34N8O4/c1-19(2)38-29-30(41)39(18-27(40)35-15-21-8-10-22(11-9-21)28(33)34)26(17-36-29)23-12-24(32)14-25(13-23)43-31(42)37-16-20-6-4-3-5-7-20/h3-14,17,19H,15-16,18,32H2,1-2H3,(H3,33,34)(H,35,40)(H,36,38)(H,37,42). The highest BCUT2D eigenvalue weighted by Crippen LogP contribution is 2.27. The van der Waals surface area contributed by atoms with Crippen LogP contribution in [0.3, 0.4) is 0 Å². The van der Waals surface area contributed by atoms with Gasteiger partial charge in [-0.2, -0.15) is 0 Å². The Morgan fingerprint density at radius 3 is 2.33 bits per heavy atom. The fourth-order valence-electron chi connectivity index (χ4n) is 4.19. The lowest BCUT2D eigenvalue weighted by atomic mass is 10.1. The molecule has 0 saturated carbocycles. The van der Waals surface area contributed by atoms with Gasteiger partial charge in [-0.25, -0.2) is 9.78 Å². The van der Waals surface area contributed by atoms with E-state index in [2.05, 4.69) is 20.9 Å². The van der Waals surface area contributed by atoms with Gasteiger partial charge in [0, 0.05) is 42.0 Å². The second kappa shape index (κ2) is 13.8. The molecule has 0 bridgehead atoms. The molecule has 4 aromatic rings. The Labute approximate surface area is 248 Å². The topological polar surface area (TPSA) is 190 Å². The fraction of sp³-hybridized carbons (Fsp3) is 0.194. The molecule has 12 heteroatoms. The van der Waals surface area contributed by atoms with Crippen LogP contribution in [0.1, 0.15) is 30.5 Å². The second-order valence-corrected chi connectivity index (χ2v) is 10.1. The summed E-state index contributed by atoms with van der Waals surface area (Å²) in [5, 5.41) is 16.0. The molecule has 1 aromatic heterocycles. The Bertz CT molecular complexity index is 1670. The van der Waals surface area contributed by atoms with Crippen LogP contribution in [0.15, 0.2) is 83.8 Å². The van der Waals surface area contributed by atoms with Gasteiger partial charge in [0.25, 0.3) is 5.56 Å². The average molecular weight is 583 g/mol. The molecule has 222 valence electrons. The summed E-state index contributed by atoms with van der Waals surface area (Å²) < 4.78 is 6.76. The monoisotopic (exact) mass is 582 g/mol. The van der Waals surface area contributed by atoms with Gasteiger partial charge in [-0.3, -0.25) is 19.6 Å². The second-order valence-electron chi connectivity index (χ2n) is 10.1. The molecule has 0 unspecified atom stereocenters. The fourth-order valence-corrected chi connectivity index (χ4v) is 4.19. The zero-order valence-electron chi connectivity index (χ0n) is 23.9. The molecule has 2 amide bonds. The van der Waals surface area contributed by atoms with E-state index >= 15 is 0 Å². The summed E-state index contributed by atoms with van der Waals surface area (Å²) >= 11 is 0. The number of nitrogens with two attached hydrogens (primary N) is 2. The first-order chi connectivity index (χ1) is 20.6. The smallest absolute Gasteiger partial charge is 0.410 e. The highest BCUT2D eigenvalue weighted by atomic mass is 16.6. The lowest BCUT2D eigenvalue weighted by molar-refractivity contribution is -0.121. The SMILES string of the molecule is CC(C)Nc1ncc(-c2cc(N)cc(OC(=O)NCc3ccccc3)c2)n(CC(=O)NCc2ccc(C(=N)N)cc2)c1=O. The van der Waals surface area contributed by atoms with Crippen LogP contribution in [-0.2, 0) is 24.4 Å². The number of hydrogen-bond acceptors (Lipinski definition) is 8. The summed E-state index contributed by atoms with van der Waals surface area (Å²) in [5.74, 6) is -0.218. The largest absolute Gasteiger partial charge is 0.412 e. The van der Waals surface area contributed by atoms with Crippen LogP contribution in [0.4, 0.5) is 16.3 Å². The predicted molar refractivity (Wildman–Crippen MR) is 166 cm³/mol. The Morgan fingerprint density at radius 1 is 0.977 bits per heavy atom. The van der Waals surface area contributed by atoms with Crippen molar-refractivity contribution in [1.82, 2.24) is 20.2 Å². The van der Waals surface area contributed by atoms with Crippen LogP contribution in [0, 0.1) is 5.41 Å². The van der Waals surface area contributed by atoms with Crippen LogP contribution < -0.4 is 37.7 Å². The molecule has 4 rings (SSSR count). The Hall–Kier alpha value is -5.65. The molecule has 0 aliphatic carbocycles. The van der Waals surface area contributed by atoms with E-state index in [-0.39, 0.29) is 48.8 Å². The van der Waals surface area contributed by atoms with Crippen molar-refractivity contribution in [2.45, 2.75) is 39.5 Å². The number of nitrogens with one attached hydrogen (secondary N) is 4. The van der Waals surface area contributed by atoms with Gasteiger partial charge in [-0.1, -0.05) is 54.6 Å². The molecule has 43 heavy (non-hydrogen) atoms. The number of ether oxygens (including phenoxy) is 1. The van der Waals surface area contributed by atoms with E-state index in [0.717, 1.165) is 11.1 Å². The van der Waals surface area contributed by atoms with Crippen LogP contribution in [0.2, 0.25) is 0 Å². The summed E-state index contributed by atoms with van der Waals surface area (Å²) in [6.45, 7) is 3.91. The highest BCUT2D eigenvalue weighted by Gasteiger charge is 2.17. The van der Waals surface area contributed by atoms with Crippen LogP contribution in [0.5, 0.6) is 5.75 Å². The maximum Gasteiger partial charge on any atom is 0.412 e. The van der Waals surface area contributed by atoms with Crippen LogP contribution in [-0.4, -0.2) is 33.4 Å². The number of amidine groups is 1. The molecule has 3 aromatic carbocycles. The molecule has 8 N–H and O–H groups in total. The van der Waals surface area contributed by atoms with E-state index in [1.807, 2.05) is 44.2 Å². The zero-order chi connectivity index (χ0) is 30.9. The van der Waals surface area contributed by atoms with Crippen LogP contribution in [0.25, 0.3) is 11.3 Å². The number of aromatic nitrogens is 2. The van der Waals surface area contributed by atoms with E-state index in [9.17, 15) is 14.4 Å². The van der Waals surface area contributed by atoms with Gasteiger partial charge in [0.2, 0.25) is 5.91 Å². The van der Waals surface area contributed by atoms with Gasteiger partial charge in [-0.15, -0.1) is 0 Å². The third-order valence-electron chi connectivity index (χ3n) is 6.25. The van der Waals surface area contributed by atoms with Crippen LogP contribution >= 0.6 is 0 Å². The number of carbonyl (C=O) groups is 2. The molecule has 0 aliphatic rings. The minimum Gasteiger partial charge on any atom is -0.410 e. The van der Waals surface area contributed by atoms with Gasteiger partial charge >= 0.3 is 6.09 Å². The average Bonchev–Trinajstić information content (AvgIpc) is 2.97. The normalized spacial score (nSPS) is 10.7. The van der Waals surface area contributed by atoms with Crippen molar-refractivity contribution in [3.63, 3.8) is 0 Å². The number of benzene rings is 3. The number of hydrogen-bond donors (Lipinski definition) is 6. The predicted octanol–water partition coefficient (Wildman–Crippen LogP) is 3.20. The lowest BCUT2D eigenvalue weighted by Crippen LogP contribution is -2.35. The van der Waals surface area contributed by atoms with E-state index < -0.39 is 17.6 Å². The third-order valence-corrected chi connectivity index (χ3v) is 6.25. The molecule has 12 nitrogen and oxygen atoms in total. The number of rotatable bonds is 11. The van der Waals surface area contributed by atoms with Gasteiger partial charge < -0.3 is 32.2 Å². The first-order valence-electron chi connectivity index (χ1n) is 13.6. The van der Waals surface area contributed by atoms with Gasteiger partial charge in [0.05, 0.1) is 11.9 Å². The van der Waals surface area contributed by atoms with Crippen molar-refractivity contribution in [2.75, 3.05) is 11.1 Å². The first kappa shape index (κ1) is 30.3. The van der Waals surface area contributed by atoms with Gasteiger partial charge in [0.1, 0.15) is 18.1 Å². The molecule has 0 saturated heterocycles. The molecule has 0 aliphatic heterocycles. The highest BCUT2D eigenvalue weighted by molar-refractivity contribution is 5.94. The number of amides is 2. The summed E-state index contributed by atoms with van der Waals surface area (Å²) in [6.07, 6.45) is 0.789. The van der Waals surface area contributed by atoms with Crippen molar-refractivity contribution in [3.8, 4) is 17.0 Å². The van der Waals surface area contributed by atoms with E-state index in [1.165, 1.54) is 16.8 Å². The van der Waals surface area contributed by atoms with Crippen molar-refractivity contribution in [1.29, 1.82) is 5.41 Å². The number of nitrogens with zero attached hydrogens (tertiary/aromatic N) is 2. The van der Waals surface area contributed by atoms with Gasteiger partial charge in [0.15, 0.2) is 5.82 Å². The van der Waals surface area contributed by atoms with E-state index in [0.29, 0.717) is 16.8 Å². The lowest BCUT2D eigenvalue weighted by Gasteiger charge is -2.17. The molecule has 0 radical (unpaired) electrons. The maximum atomic E-state index is 13.5. The number of carbonyl (C=O) groups excluding carboxylic acids is 2. The molecule has 1 heterocycles. The van der Waals surface area contributed by atoms with Crippen molar-refractivity contribution in [3.05, 3.63) is 106 Å². The molecular formula is C31H34N8O4.